The first-order valence-electron chi connectivity index (χ1n) is 6.29. The van der Waals surface area contributed by atoms with Crippen molar-refractivity contribution in [3.05, 3.63) is 29.3 Å². The minimum Gasteiger partial charge on any atom is -0.326 e. The molecule has 1 aromatic carbocycles. The molecule has 1 heterocycles. The van der Waals surface area contributed by atoms with E-state index in [1.807, 2.05) is 19.1 Å². The highest BCUT2D eigenvalue weighted by Crippen LogP contribution is 2.27. The van der Waals surface area contributed by atoms with Crippen LogP contribution < -0.4 is 10.6 Å². The van der Waals surface area contributed by atoms with E-state index in [-0.39, 0.29) is 11.8 Å². The fourth-order valence-corrected chi connectivity index (χ4v) is 2.35. The summed E-state index contributed by atoms with van der Waals surface area (Å²) in [4.78, 5) is 25.5. The van der Waals surface area contributed by atoms with Crippen LogP contribution in [-0.4, -0.2) is 11.8 Å². The van der Waals surface area contributed by atoms with Gasteiger partial charge in [-0.2, -0.15) is 0 Å². The lowest BCUT2D eigenvalue weighted by Gasteiger charge is -2.22. The van der Waals surface area contributed by atoms with E-state index in [0.717, 1.165) is 24.0 Å². The van der Waals surface area contributed by atoms with Crippen molar-refractivity contribution < 1.29 is 9.59 Å². The Labute approximate surface area is 107 Å². The highest BCUT2D eigenvalue weighted by molar-refractivity contribution is 6.15. The van der Waals surface area contributed by atoms with Crippen LogP contribution in [0.4, 0.5) is 5.69 Å². The van der Waals surface area contributed by atoms with Crippen LogP contribution in [0.2, 0.25) is 0 Å². The molecule has 0 bridgehead atoms. The summed E-state index contributed by atoms with van der Waals surface area (Å²) in [6, 6.07) is 5.60. The average molecular weight is 246 g/mol. The van der Waals surface area contributed by atoms with Crippen LogP contribution in [0.15, 0.2) is 18.2 Å². The number of carbonyl (C=O) groups excluding carboxylic acids is 2. The van der Waals surface area contributed by atoms with Gasteiger partial charge in [0.1, 0.15) is 0 Å². The number of amides is 2. The number of nitrogens with two attached hydrogens (primary N) is 1. The number of anilines is 1. The van der Waals surface area contributed by atoms with Gasteiger partial charge in [0, 0.05) is 19.4 Å². The Kier molecular flexibility index (Phi) is 3.77. The highest BCUT2D eigenvalue weighted by Gasteiger charge is 2.27. The molecule has 1 aliphatic rings. The van der Waals surface area contributed by atoms with Crippen LogP contribution in [0.3, 0.4) is 0 Å². The molecule has 0 saturated carbocycles. The van der Waals surface area contributed by atoms with Gasteiger partial charge in [-0.15, -0.1) is 0 Å². The standard InChI is InChI=1S/C14H18N2O2/c1-10-5-4-6-12(11(10)9-15)16-13(17)7-2-3-8-14(16)18/h4-6H,2-3,7-9,15H2,1H3. The molecule has 0 spiro atoms. The molecule has 4 nitrogen and oxygen atoms in total. The molecule has 4 heteroatoms. The normalized spacial score (nSPS) is 16.9. The van der Waals surface area contributed by atoms with Gasteiger partial charge < -0.3 is 5.73 Å². The zero-order valence-electron chi connectivity index (χ0n) is 10.6. The van der Waals surface area contributed by atoms with Crippen molar-refractivity contribution >= 4 is 17.5 Å². The second kappa shape index (κ2) is 5.31. The lowest BCUT2D eigenvalue weighted by Crippen LogP contribution is -2.36. The predicted octanol–water partition coefficient (Wildman–Crippen LogP) is 1.89. The third kappa shape index (κ3) is 2.29. The topological polar surface area (TPSA) is 63.4 Å². The molecular weight excluding hydrogens is 228 g/mol. The Bertz CT molecular complexity index is 465. The van der Waals surface area contributed by atoms with E-state index in [0.29, 0.717) is 25.1 Å². The second-order valence-corrected chi connectivity index (χ2v) is 4.61. The van der Waals surface area contributed by atoms with Crippen LogP contribution in [0.5, 0.6) is 0 Å². The van der Waals surface area contributed by atoms with Crippen molar-refractivity contribution in [1.29, 1.82) is 0 Å². The first-order chi connectivity index (χ1) is 8.65. The first-order valence-corrected chi connectivity index (χ1v) is 6.29. The summed E-state index contributed by atoms with van der Waals surface area (Å²) in [7, 11) is 0. The summed E-state index contributed by atoms with van der Waals surface area (Å²) in [6.45, 7) is 2.28. The molecule has 96 valence electrons. The molecule has 1 aromatic rings. The van der Waals surface area contributed by atoms with Crippen molar-refractivity contribution in [3.63, 3.8) is 0 Å². The highest BCUT2D eigenvalue weighted by atomic mass is 16.2. The number of aryl methyl sites for hydroxylation is 1. The Hall–Kier alpha value is -1.68. The monoisotopic (exact) mass is 246 g/mol. The lowest BCUT2D eigenvalue weighted by atomic mass is 10.1. The molecule has 0 aliphatic carbocycles. The maximum atomic E-state index is 12.1. The predicted molar refractivity (Wildman–Crippen MR) is 70.0 cm³/mol. The Morgan fingerprint density at radius 3 is 2.33 bits per heavy atom. The zero-order valence-corrected chi connectivity index (χ0v) is 10.6. The molecule has 0 atom stereocenters. The molecule has 2 amide bonds. The molecule has 1 aliphatic heterocycles. The fraction of sp³-hybridized carbons (Fsp3) is 0.429. The van der Waals surface area contributed by atoms with Gasteiger partial charge in [0.25, 0.3) is 0 Å². The molecule has 0 aromatic heterocycles. The van der Waals surface area contributed by atoms with E-state index in [9.17, 15) is 9.59 Å². The Morgan fingerprint density at radius 1 is 1.17 bits per heavy atom. The van der Waals surface area contributed by atoms with Crippen molar-refractivity contribution in [3.8, 4) is 0 Å². The number of hydrogen-bond donors (Lipinski definition) is 1. The number of imide groups is 1. The van der Waals surface area contributed by atoms with Gasteiger partial charge in [0.05, 0.1) is 5.69 Å². The largest absolute Gasteiger partial charge is 0.326 e. The fourth-order valence-electron chi connectivity index (χ4n) is 2.35. The molecule has 0 radical (unpaired) electrons. The summed E-state index contributed by atoms with van der Waals surface area (Å²) in [5.74, 6) is -0.226. The maximum absolute atomic E-state index is 12.1. The van der Waals surface area contributed by atoms with Gasteiger partial charge in [-0.3, -0.25) is 14.5 Å². The smallest absolute Gasteiger partial charge is 0.233 e. The van der Waals surface area contributed by atoms with Gasteiger partial charge in [-0.05, 0) is 37.0 Å². The van der Waals surface area contributed by atoms with Crippen LogP contribution in [0.1, 0.15) is 36.8 Å². The van der Waals surface area contributed by atoms with Crippen molar-refractivity contribution in [2.75, 3.05) is 4.90 Å². The average Bonchev–Trinajstić information content (AvgIpc) is 2.50. The van der Waals surface area contributed by atoms with E-state index in [2.05, 4.69) is 0 Å². The maximum Gasteiger partial charge on any atom is 0.233 e. The third-order valence-electron chi connectivity index (χ3n) is 3.36. The van der Waals surface area contributed by atoms with Gasteiger partial charge in [-0.25, -0.2) is 0 Å². The number of nitrogens with zero attached hydrogens (tertiary/aromatic N) is 1. The SMILES string of the molecule is Cc1cccc(N2C(=O)CCCCC2=O)c1CN. The van der Waals surface area contributed by atoms with E-state index in [1.165, 1.54) is 4.90 Å². The molecule has 2 N–H and O–H groups in total. The summed E-state index contributed by atoms with van der Waals surface area (Å²) >= 11 is 0. The minimum absolute atomic E-state index is 0.113. The van der Waals surface area contributed by atoms with Crippen molar-refractivity contribution in [2.24, 2.45) is 5.73 Å². The number of benzene rings is 1. The minimum atomic E-state index is -0.113. The number of rotatable bonds is 2. The molecule has 0 unspecified atom stereocenters. The number of carbonyl (C=O) groups is 2. The van der Waals surface area contributed by atoms with Crippen molar-refractivity contribution in [2.45, 2.75) is 39.2 Å². The lowest BCUT2D eigenvalue weighted by molar-refractivity contribution is -0.125. The summed E-state index contributed by atoms with van der Waals surface area (Å²) in [6.07, 6.45) is 2.43. The van der Waals surface area contributed by atoms with Crippen LogP contribution >= 0.6 is 0 Å². The summed E-state index contributed by atoms with van der Waals surface area (Å²) < 4.78 is 0. The van der Waals surface area contributed by atoms with Crippen LogP contribution in [-0.2, 0) is 16.1 Å². The number of hydrogen-bond acceptors (Lipinski definition) is 3. The second-order valence-electron chi connectivity index (χ2n) is 4.61. The summed E-state index contributed by atoms with van der Waals surface area (Å²) in [5, 5.41) is 0. The van der Waals surface area contributed by atoms with Gasteiger partial charge in [0.2, 0.25) is 11.8 Å². The van der Waals surface area contributed by atoms with Crippen LogP contribution in [0.25, 0.3) is 0 Å². The molecular formula is C14H18N2O2. The van der Waals surface area contributed by atoms with E-state index in [1.54, 1.807) is 6.07 Å². The van der Waals surface area contributed by atoms with E-state index in [4.69, 9.17) is 5.73 Å². The Balaban J connectivity index is 2.48. The van der Waals surface area contributed by atoms with E-state index >= 15 is 0 Å². The van der Waals surface area contributed by atoms with Crippen molar-refractivity contribution in [1.82, 2.24) is 0 Å². The third-order valence-corrected chi connectivity index (χ3v) is 3.36. The molecule has 1 saturated heterocycles. The van der Waals surface area contributed by atoms with Gasteiger partial charge in [0.15, 0.2) is 0 Å². The zero-order chi connectivity index (χ0) is 13.1. The summed E-state index contributed by atoms with van der Waals surface area (Å²) in [5.41, 5.74) is 8.29. The first kappa shape index (κ1) is 12.8. The van der Waals surface area contributed by atoms with Crippen LogP contribution in [0, 0.1) is 6.92 Å². The van der Waals surface area contributed by atoms with Gasteiger partial charge >= 0.3 is 0 Å². The molecule has 1 fully saturated rings. The quantitative estimate of drug-likeness (QED) is 0.810. The molecule has 18 heavy (non-hydrogen) atoms. The van der Waals surface area contributed by atoms with Gasteiger partial charge in [-0.1, -0.05) is 12.1 Å². The van der Waals surface area contributed by atoms with E-state index < -0.39 is 0 Å². The Morgan fingerprint density at radius 2 is 1.78 bits per heavy atom. The molecule has 2 rings (SSSR count).